The Morgan fingerprint density at radius 2 is 2.20 bits per heavy atom. The third kappa shape index (κ3) is 1.72. The summed E-state index contributed by atoms with van der Waals surface area (Å²) in [5.74, 6) is 0.716. The first-order valence-electron chi connectivity index (χ1n) is 4.71. The maximum Gasteiger partial charge on any atom is 0.228 e. The van der Waals surface area contributed by atoms with Gasteiger partial charge in [0.1, 0.15) is 10.8 Å². The van der Waals surface area contributed by atoms with E-state index in [4.69, 9.17) is 0 Å². The van der Waals surface area contributed by atoms with Crippen molar-refractivity contribution in [1.29, 1.82) is 0 Å². The number of aliphatic imine (C=N–C) groups is 1. The SMILES string of the molecule is CC(=O)N1C=C(C)c2ccsc2N=C1C. The molecular formula is C11H12N2OS. The van der Waals surface area contributed by atoms with Crippen LogP contribution in [-0.2, 0) is 4.79 Å². The number of carbonyl (C=O) groups excluding carboxylic acids is 1. The minimum atomic E-state index is -0.00856. The number of thiophene rings is 1. The van der Waals surface area contributed by atoms with Crippen molar-refractivity contribution in [3.63, 3.8) is 0 Å². The van der Waals surface area contributed by atoms with Crippen LogP contribution in [0.15, 0.2) is 22.6 Å². The number of hydrogen-bond donors (Lipinski definition) is 0. The topological polar surface area (TPSA) is 32.7 Å². The van der Waals surface area contributed by atoms with E-state index in [0.717, 1.165) is 22.0 Å². The molecule has 1 amide bonds. The second-order valence-electron chi connectivity index (χ2n) is 3.50. The average molecular weight is 220 g/mol. The van der Waals surface area contributed by atoms with Crippen LogP contribution >= 0.6 is 11.3 Å². The summed E-state index contributed by atoms with van der Waals surface area (Å²) in [6.07, 6.45) is 1.85. The summed E-state index contributed by atoms with van der Waals surface area (Å²) in [7, 11) is 0. The molecule has 0 atom stereocenters. The standard InChI is InChI=1S/C11H12N2OS/c1-7-6-13(9(3)14)8(2)12-11-10(7)4-5-15-11/h4-6H,1-3H3. The number of nitrogens with zero attached hydrogens (tertiary/aromatic N) is 2. The first-order chi connectivity index (χ1) is 7.09. The van der Waals surface area contributed by atoms with Crippen molar-refractivity contribution in [2.75, 3.05) is 0 Å². The lowest BCUT2D eigenvalue weighted by atomic mass is 10.1. The number of amidine groups is 1. The predicted octanol–water partition coefficient (Wildman–Crippen LogP) is 3.02. The van der Waals surface area contributed by atoms with Gasteiger partial charge < -0.3 is 0 Å². The van der Waals surface area contributed by atoms with Crippen LogP contribution in [0.3, 0.4) is 0 Å². The Kier molecular flexibility index (Phi) is 2.44. The van der Waals surface area contributed by atoms with Gasteiger partial charge in [0.05, 0.1) is 0 Å². The van der Waals surface area contributed by atoms with Crippen molar-refractivity contribution >= 4 is 33.7 Å². The summed E-state index contributed by atoms with van der Waals surface area (Å²) < 4.78 is 0. The molecule has 3 nitrogen and oxygen atoms in total. The molecule has 1 aromatic rings. The number of rotatable bonds is 0. The van der Waals surface area contributed by atoms with Crippen LogP contribution in [0, 0.1) is 0 Å². The summed E-state index contributed by atoms with van der Waals surface area (Å²) in [6.45, 7) is 5.39. The molecule has 78 valence electrons. The molecule has 15 heavy (non-hydrogen) atoms. The summed E-state index contributed by atoms with van der Waals surface area (Å²) in [6, 6.07) is 2.03. The maximum absolute atomic E-state index is 11.4. The van der Waals surface area contributed by atoms with Gasteiger partial charge in [-0.25, -0.2) is 4.99 Å². The number of amides is 1. The van der Waals surface area contributed by atoms with Crippen LogP contribution in [0.5, 0.6) is 0 Å². The van der Waals surface area contributed by atoms with Gasteiger partial charge in [0.2, 0.25) is 5.91 Å². The number of carbonyl (C=O) groups is 1. The van der Waals surface area contributed by atoms with Crippen LogP contribution in [0.2, 0.25) is 0 Å². The molecule has 0 N–H and O–H groups in total. The zero-order valence-corrected chi connectivity index (χ0v) is 9.76. The van der Waals surface area contributed by atoms with Crippen molar-refractivity contribution < 1.29 is 4.79 Å². The lowest BCUT2D eigenvalue weighted by Crippen LogP contribution is -2.27. The van der Waals surface area contributed by atoms with Crippen LogP contribution in [0.4, 0.5) is 5.00 Å². The van der Waals surface area contributed by atoms with Crippen molar-refractivity contribution in [2.45, 2.75) is 20.8 Å². The van der Waals surface area contributed by atoms with Gasteiger partial charge in [0.15, 0.2) is 0 Å². The van der Waals surface area contributed by atoms with Gasteiger partial charge in [-0.15, -0.1) is 11.3 Å². The smallest absolute Gasteiger partial charge is 0.228 e. The highest BCUT2D eigenvalue weighted by molar-refractivity contribution is 7.14. The van der Waals surface area contributed by atoms with Crippen molar-refractivity contribution in [3.8, 4) is 0 Å². The Bertz CT molecular complexity index is 471. The van der Waals surface area contributed by atoms with Crippen molar-refractivity contribution in [1.82, 2.24) is 4.90 Å². The molecule has 0 saturated heterocycles. The summed E-state index contributed by atoms with van der Waals surface area (Å²) in [4.78, 5) is 17.4. The monoisotopic (exact) mass is 220 g/mol. The van der Waals surface area contributed by atoms with E-state index in [1.165, 1.54) is 0 Å². The van der Waals surface area contributed by atoms with Gasteiger partial charge in [-0.1, -0.05) is 0 Å². The minimum absolute atomic E-state index is 0.00856. The molecule has 4 heteroatoms. The lowest BCUT2D eigenvalue weighted by molar-refractivity contribution is -0.123. The molecule has 0 radical (unpaired) electrons. The highest BCUT2D eigenvalue weighted by atomic mass is 32.1. The predicted molar refractivity (Wildman–Crippen MR) is 63.3 cm³/mol. The molecule has 2 rings (SSSR count). The van der Waals surface area contributed by atoms with Crippen molar-refractivity contribution in [3.05, 3.63) is 23.2 Å². The van der Waals surface area contributed by atoms with Gasteiger partial charge >= 0.3 is 0 Å². The molecule has 0 aliphatic carbocycles. The normalized spacial score (nSPS) is 15.3. The van der Waals surface area contributed by atoms with Crippen LogP contribution in [-0.4, -0.2) is 16.6 Å². The van der Waals surface area contributed by atoms with Gasteiger partial charge in [0, 0.05) is 18.7 Å². The van der Waals surface area contributed by atoms with Crippen LogP contribution < -0.4 is 0 Å². The molecule has 0 bridgehead atoms. The van der Waals surface area contributed by atoms with E-state index in [1.54, 1.807) is 23.2 Å². The molecule has 0 saturated carbocycles. The fourth-order valence-corrected chi connectivity index (χ4v) is 2.44. The average Bonchev–Trinajstić information content (AvgIpc) is 2.56. The van der Waals surface area contributed by atoms with E-state index in [-0.39, 0.29) is 5.91 Å². The summed E-state index contributed by atoms with van der Waals surface area (Å²) in [5.41, 5.74) is 2.19. The van der Waals surface area contributed by atoms with E-state index in [9.17, 15) is 4.79 Å². The maximum atomic E-state index is 11.4. The second kappa shape index (κ2) is 3.62. The number of hydrogen-bond acceptors (Lipinski definition) is 3. The Hall–Kier alpha value is -1.42. The zero-order chi connectivity index (χ0) is 11.0. The van der Waals surface area contributed by atoms with E-state index in [1.807, 2.05) is 31.5 Å². The molecule has 1 aliphatic rings. The second-order valence-corrected chi connectivity index (χ2v) is 4.39. The highest BCUT2D eigenvalue weighted by Gasteiger charge is 2.16. The fraction of sp³-hybridized carbons (Fsp3) is 0.273. The van der Waals surface area contributed by atoms with E-state index >= 15 is 0 Å². The minimum Gasteiger partial charge on any atom is -0.275 e. The van der Waals surface area contributed by atoms with E-state index in [2.05, 4.69) is 4.99 Å². The molecular weight excluding hydrogens is 208 g/mol. The molecule has 1 aliphatic heterocycles. The highest BCUT2D eigenvalue weighted by Crippen LogP contribution is 2.34. The third-order valence-electron chi connectivity index (χ3n) is 2.34. The molecule has 0 aromatic carbocycles. The zero-order valence-electron chi connectivity index (χ0n) is 8.94. The van der Waals surface area contributed by atoms with Crippen molar-refractivity contribution in [2.24, 2.45) is 4.99 Å². The summed E-state index contributed by atoms with van der Waals surface area (Å²) in [5, 5.41) is 2.99. The van der Waals surface area contributed by atoms with Gasteiger partial charge in [-0.2, -0.15) is 0 Å². The van der Waals surface area contributed by atoms with E-state index < -0.39 is 0 Å². The van der Waals surface area contributed by atoms with Gasteiger partial charge in [-0.3, -0.25) is 9.69 Å². The Balaban J connectivity index is 2.56. The first-order valence-corrected chi connectivity index (χ1v) is 5.59. The molecule has 0 spiro atoms. The Morgan fingerprint density at radius 3 is 2.87 bits per heavy atom. The Morgan fingerprint density at radius 1 is 1.47 bits per heavy atom. The van der Waals surface area contributed by atoms with E-state index in [0.29, 0.717) is 0 Å². The van der Waals surface area contributed by atoms with Crippen LogP contribution in [0.1, 0.15) is 26.3 Å². The van der Waals surface area contributed by atoms with Gasteiger partial charge in [-0.05, 0) is 30.9 Å². The van der Waals surface area contributed by atoms with Crippen LogP contribution in [0.25, 0.3) is 5.57 Å². The Labute approximate surface area is 92.7 Å². The summed E-state index contributed by atoms with van der Waals surface area (Å²) >= 11 is 1.59. The molecule has 0 unspecified atom stereocenters. The molecule has 1 aromatic heterocycles. The number of allylic oxidation sites excluding steroid dienone is 1. The quantitative estimate of drug-likeness (QED) is 0.661. The first kappa shape index (κ1) is 10.1. The third-order valence-corrected chi connectivity index (χ3v) is 3.15. The number of fused-ring (bicyclic) bond motifs is 1. The fourth-order valence-electron chi connectivity index (χ4n) is 1.56. The van der Waals surface area contributed by atoms with Gasteiger partial charge in [0.25, 0.3) is 0 Å². The lowest BCUT2D eigenvalue weighted by Gasteiger charge is -2.14. The largest absolute Gasteiger partial charge is 0.275 e. The molecule has 0 fully saturated rings. The molecule has 2 heterocycles.